The van der Waals surface area contributed by atoms with Crippen molar-refractivity contribution < 1.29 is 4.79 Å². The van der Waals surface area contributed by atoms with Gasteiger partial charge in [0.05, 0.1) is 0 Å². The number of rotatable bonds is 0. The maximum Gasteiger partial charge on any atom is 0.136 e. The molecule has 5 rings (SSSR count). The SMILES string of the molecule is C[C@@H]1C(=O)CC[C@@H]2[C@]1(C)CC[C@@H]1[C@]2(C)CC[C@]2(C)[C@@H]3CC(C)(C)CC[C@@]3(C)CC[C@@]12C. The highest BCUT2D eigenvalue weighted by molar-refractivity contribution is 5.82. The summed E-state index contributed by atoms with van der Waals surface area (Å²) in [6, 6.07) is 0. The lowest BCUT2D eigenvalue weighted by molar-refractivity contribution is -0.256. The molecular weight excluding hydrogens is 376 g/mol. The number of Topliss-reactive ketones (excluding diaryl/α,β-unsaturated/α-hetero) is 1. The quantitative estimate of drug-likeness (QED) is 0.379. The predicted molar refractivity (Wildman–Crippen MR) is 130 cm³/mol. The summed E-state index contributed by atoms with van der Waals surface area (Å²) >= 11 is 0. The van der Waals surface area contributed by atoms with Crippen LogP contribution in [0.3, 0.4) is 0 Å². The minimum atomic E-state index is 0.237. The van der Waals surface area contributed by atoms with Gasteiger partial charge in [0.15, 0.2) is 0 Å². The fraction of sp³-hybridized carbons (Fsp3) is 0.967. The number of carbonyl (C=O) groups is 1. The number of hydrogen-bond acceptors (Lipinski definition) is 1. The van der Waals surface area contributed by atoms with Gasteiger partial charge in [-0.15, -0.1) is 0 Å². The van der Waals surface area contributed by atoms with Gasteiger partial charge in [-0.3, -0.25) is 4.79 Å². The molecule has 5 fully saturated rings. The summed E-state index contributed by atoms with van der Waals surface area (Å²) in [6.07, 6.45) is 14.6. The first-order valence-electron chi connectivity index (χ1n) is 13.7. The molecule has 1 nitrogen and oxygen atoms in total. The minimum Gasteiger partial charge on any atom is -0.299 e. The van der Waals surface area contributed by atoms with E-state index in [2.05, 4.69) is 55.4 Å². The Kier molecular flexibility index (Phi) is 4.65. The molecule has 0 heterocycles. The van der Waals surface area contributed by atoms with Crippen molar-refractivity contribution in [2.45, 2.75) is 126 Å². The molecule has 0 unspecified atom stereocenters. The van der Waals surface area contributed by atoms with Crippen molar-refractivity contribution in [3.05, 3.63) is 0 Å². The second-order valence-corrected chi connectivity index (χ2v) is 15.3. The van der Waals surface area contributed by atoms with E-state index in [1.54, 1.807) is 0 Å². The highest BCUT2D eigenvalue weighted by atomic mass is 16.1. The smallest absolute Gasteiger partial charge is 0.136 e. The Hall–Kier alpha value is -0.330. The summed E-state index contributed by atoms with van der Waals surface area (Å²) in [4.78, 5) is 12.7. The van der Waals surface area contributed by atoms with Crippen molar-refractivity contribution in [1.29, 1.82) is 0 Å². The molecule has 0 amide bonds. The molecule has 0 aliphatic heterocycles. The van der Waals surface area contributed by atoms with E-state index in [0.29, 0.717) is 32.9 Å². The van der Waals surface area contributed by atoms with Gasteiger partial charge in [-0.2, -0.15) is 0 Å². The van der Waals surface area contributed by atoms with Crippen LogP contribution >= 0.6 is 0 Å². The second-order valence-electron chi connectivity index (χ2n) is 15.3. The zero-order valence-corrected chi connectivity index (χ0v) is 22.0. The Morgan fingerprint density at radius 2 is 1.26 bits per heavy atom. The van der Waals surface area contributed by atoms with E-state index in [1.165, 1.54) is 57.8 Å². The highest BCUT2D eigenvalue weighted by Crippen LogP contribution is 2.78. The third kappa shape index (κ3) is 2.70. The molecule has 5 aliphatic rings. The molecule has 0 spiro atoms. The minimum absolute atomic E-state index is 0.237. The lowest BCUT2D eigenvalue weighted by atomic mass is 9.30. The maximum atomic E-state index is 12.7. The number of fused-ring (bicyclic) bond motifs is 7. The predicted octanol–water partition coefficient (Wildman–Crippen LogP) is 8.46. The third-order valence-corrected chi connectivity index (χ3v) is 13.7. The average molecular weight is 427 g/mol. The van der Waals surface area contributed by atoms with Crippen molar-refractivity contribution in [3.63, 3.8) is 0 Å². The Morgan fingerprint density at radius 1 is 0.645 bits per heavy atom. The number of carbonyl (C=O) groups excluding carboxylic acids is 1. The van der Waals surface area contributed by atoms with Crippen molar-refractivity contribution in [3.8, 4) is 0 Å². The molecule has 0 N–H and O–H groups in total. The maximum absolute atomic E-state index is 12.7. The molecule has 1 heteroatoms. The van der Waals surface area contributed by atoms with Gasteiger partial charge in [0.1, 0.15) is 5.78 Å². The summed E-state index contributed by atoms with van der Waals surface area (Å²) in [5.74, 6) is 3.27. The van der Waals surface area contributed by atoms with Crippen molar-refractivity contribution in [2.75, 3.05) is 0 Å². The van der Waals surface area contributed by atoms with E-state index in [9.17, 15) is 4.79 Å². The van der Waals surface area contributed by atoms with Gasteiger partial charge >= 0.3 is 0 Å². The van der Waals surface area contributed by atoms with Crippen LogP contribution in [0.15, 0.2) is 0 Å². The van der Waals surface area contributed by atoms with E-state index >= 15 is 0 Å². The van der Waals surface area contributed by atoms with Crippen LogP contribution in [-0.2, 0) is 4.79 Å². The van der Waals surface area contributed by atoms with E-state index in [-0.39, 0.29) is 11.3 Å². The molecule has 0 aromatic carbocycles. The first-order valence-corrected chi connectivity index (χ1v) is 13.7. The summed E-state index contributed by atoms with van der Waals surface area (Å²) < 4.78 is 0. The van der Waals surface area contributed by atoms with Crippen LogP contribution in [0.4, 0.5) is 0 Å². The monoisotopic (exact) mass is 426 g/mol. The van der Waals surface area contributed by atoms with Gasteiger partial charge in [-0.1, -0.05) is 55.4 Å². The fourth-order valence-electron chi connectivity index (χ4n) is 11.2. The molecule has 0 saturated heterocycles. The molecular formula is C30H50O. The van der Waals surface area contributed by atoms with Gasteiger partial charge < -0.3 is 0 Å². The Labute approximate surface area is 192 Å². The van der Waals surface area contributed by atoms with E-state index < -0.39 is 0 Å². The van der Waals surface area contributed by atoms with Crippen LogP contribution in [0.25, 0.3) is 0 Å². The standard InChI is InChI=1S/C30H50O/c1-20-21(31)9-10-22-27(20,5)12-11-23-28(22,6)16-18-30(8)24-19-25(2,3)13-14-26(24,4)15-17-29(23,30)7/h20,22-24H,9-19H2,1-8H3/t20-,22-,23-,24-,26+,27-,28-,29+,30-/m1/s1. The summed E-state index contributed by atoms with van der Waals surface area (Å²) in [6.45, 7) is 20.7. The Bertz CT molecular complexity index is 781. The summed E-state index contributed by atoms with van der Waals surface area (Å²) in [5, 5.41) is 0. The first-order chi connectivity index (χ1) is 14.2. The molecule has 9 atom stereocenters. The van der Waals surface area contributed by atoms with Crippen LogP contribution in [0.1, 0.15) is 126 Å². The van der Waals surface area contributed by atoms with Crippen LogP contribution in [-0.4, -0.2) is 5.78 Å². The Morgan fingerprint density at radius 3 is 1.97 bits per heavy atom. The zero-order valence-electron chi connectivity index (χ0n) is 22.0. The molecule has 0 radical (unpaired) electrons. The van der Waals surface area contributed by atoms with Crippen LogP contribution in [0, 0.1) is 56.2 Å². The molecule has 0 aromatic heterocycles. The topological polar surface area (TPSA) is 17.1 Å². The van der Waals surface area contributed by atoms with Crippen molar-refractivity contribution in [2.24, 2.45) is 56.2 Å². The van der Waals surface area contributed by atoms with E-state index in [0.717, 1.165) is 30.6 Å². The summed E-state index contributed by atoms with van der Waals surface area (Å²) in [5.41, 5.74) is 2.67. The van der Waals surface area contributed by atoms with Gasteiger partial charge in [0, 0.05) is 12.3 Å². The third-order valence-electron chi connectivity index (χ3n) is 13.7. The number of hydrogen-bond donors (Lipinski definition) is 0. The molecule has 0 aromatic rings. The van der Waals surface area contributed by atoms with Crippen LogP contribution in [0.5, 0.6) is 0 Å². The van der Waals surface area contributed by atoms with Crippen molar-refractivity contribution >= 4 is 5.78 Å². The summed E-state index contributed by atoms with van der Waals surface area (Å²) in [7, 11) is 0. The van der Waals surface area contributed by atoms with E-state index in [4.69, 9.17) is 0 Å². The molecule has 31 heavy (non-hydrogen) atoms. The zero-order chi connectivity index (χ0) is 22.7. The van der Waals surface area contributed by atoms with E-state index in [1.807, 2.05) is 0 Å². The number of ketones is 1. The normalized spacial score (nSPS) is 58.5. The second kappa shape index (κ2) is 6.41. The van der Waals surface area contributed by atoms with Crippen LogP contribution in [0.2, 0.25) is 0 Å². The van der Waals surface area contributed by atoms with Gasteiger partial charge in [-0.05, 0) is 114 Å². The van der Waals surface area contributed by atoms with Gasteiger partial charge in [0.25, 0.3) is 0 Å². The largest absolute Gasteiger partial charge is 0.299 e. The van der Waals surface area contributed by atoms with Gasteiger partial charge in [0.2, 0.25) is 0 Å². The van der Waals surface area contributed by atoms with Crippen LogP contribution < -0.4 is 0 Å². The molecule has 0 bridgehead atoms. The average Bonchev–Trinajstić information content (AvgIpc) is 2.69. The fourth-order valence-corrected chi connectivity index (χ4v) is 11.2. The lowest BCUT2D eigenvalue weighted by Gasteiger charge is -2.74. The Balaban J connectivity index is 1.55. The lowest BCUT2D eigenvalue weighted by Crippen LogP contribution is -2.67. The van der Waals surface area contributed by atoms with Gasteiger partial charge in [-0.25, -0.2) is 0 Å². The van der Waals surface area contributed by atoms with Crippen molar-refractivity contribution in [1.82, 2.24) is 0 Å². The first kappa shape index (κ1) is 22.5. The molecule has 5 aliphatic carbocycles. The highest BCUT2D eigenvalue weighted by Gasteiger charge is 2.70. The molecule has 176 valence electrons. The molecule has 5 saturated carbocycles.